The van der Waals surface area contributed by atoms with Crippen LogP contribution in [-0.4, -0.2) is 20.6 Å². The zero-order valence-electron chi connectivity index (χ0n) is 10.8. The van der Waals surface area contributed by atoms with Gasteiger partial charge in [0, 0.05) is 24.6 Å². The van der Waals surface area contributed by atoms with Gasteiger partial charge in [-0.15, -0.1) is 0 Å². The number of hydrogen-bond donors (Lipinski definition) is 1. The molecule has 4 nitrogen and oxygen atoms in total. The van der Waals surface area contributed by atoms with Crippen molar-refractivity contribution in [3.63, 3.8) is 0 Å². The normalized spacial score (nSPS) is 16.6. The van der Waals surface area contributed by atoms with Gasteiger partial charge in [-0.25, -0.2) is 9.97 Å². The number of imidazole rings is 1. The van der Waals surface area contributed by atoms with E-state index in [1.807, 2.05) is 30.0 Å². The fraction of sp³-hybridized carbons (Fsp3) is 0.429. The Morgan fingerprint density at radius 3 is 2.83 bits per heavy atom. The first kappa shape index (κ1) is 11.3. The van der Waals surface area contributed by atoms with Crippen molar-refractivity contribution >= 4 is 5.69 Å². The molecule has 1 aliphatic carbocycles. The molecule has 1 unspecified atom stereocenters. The molecule has 0 bridgehead atoms. The van der Waals surface area contributed by atoms with E-state index in [-0.39, 0.29) is 0 Å². The lowest BCUT2D eigenvalue weighted by Crippen LogP contribution is -2.19. The predicted molar refractivity (Wildman–Crippen MR) is 71.9 cm³/mol. The van der Waals surface area contributed by atoms with E-state index in [0.717, 1.165) is 23.2 Å². The third-order valence-electron chi connectivity index (χ3n) is 3.55. The zero-order valence-corrected chi connectivity index (χ0v) is 10.8. The first-order valence-corrected chi connectivity index (χ1v) is 6.47. The number of pyridine rings is 1. The standard InChI is InChI=1S/C14H18N4/c1-10(12-5-6-12)17-13-4-3-7-16-14(13)18-9-8-15-11(18)2/h3-4,7-10,12,17H,5-6H2,1-2H3. The molecule has 3 rings (SSSR count). The predicted octanol–water partition coefficient (Wildman–Crippen LogP) is 2.79. The van der Waals surface area contributed by atoms with E-state index < -0.39 is 0 Å². The minimum Gasteiger partial charge on any atom is -0.379 e. The minimum absolute atomic E-state index is 0.511. The van der Waals surface area contributed by atoms with Crippen molar-refractivity contribution in [3.05, 3.63) is 36.5 Å². The molecule has 1 atom stereocenters. The van der Waals surface area contributed by atoms with Crippen LogP contribution in [0.25, 0.3) is 5.82 Å². The van der Waals surface area contributed by atoms with Gasteiger partial charge in [0.05, 0.1) is 5.69 Å². The lowest BCUT2D eigenvalue weighted by atomic mass is 10.2. The van der Waals surface area contributed by atoms with Crippen LogP contribution in [0, 0.1) is 12.8 Å². The molecule has 0 saturated heterocycles. The lowest BCUT2D eigenvalue weighted by Gasteiger charge is -2.17. The van der Waals surface area contributed by atoms with Crippen LogP contribution in [0.15, 0.2) is 30.7 Å². The fourth-order valence-corrected chi connectivity index (χ4v) is 2.26. The van der Waals surface area contributed by atoms with E-state index >= 15 is 0 Å². The Morgan fingerprint density at radius 1 is 1.33 bits per heavy atom. The van der Waals surface area contributed by atoms with E-state index in [1.54, 1.807) is 6.20 Å². The summed E-state index contributed by atoms with van der Waals surface area (Å²) in [4.78, 5) is 8.73. The summed E-state index contributed by atoms with van der Waals surface area (Å²) in [6.45, 7) is 4.23. The molecular formula is C14H18N4. The zero-order chi connectivity index (χ0) is 12.5. The van der Waals surface area contributed by atoms with E-state index in [9.17, 15) is 0 Å². The number of hydrogen-bond acceptors (Lipinski definition) is 3. The first-order valence-electron chi connectivity index (χ1n) is 6.47. The van der Waals surface area contributed by atoms with Gasteiger partial charge in [0.2, 0.25) is 0 Å². The molecule has 4 heteroatoms. The molecule has 94 valence electrons. The minimum atomic E-state index is 0.511. The molecule has 1 N–H and O–H groups in total. The second-order valence-electron chi connectivity index (χ2n) is 4.99. The average molecular weight is 242 g/mol. The second kappa shape index (κ2) is 4.44. The quantitative estimate of drug-likeness (QED) is 0.896. The van der Waals surface area contributed by atoms with Crippen molar-refractivity contribution in [2.75, 3.05) is 5.32 Å². The Morgan fingerprint density at radius 2 is 2.17 bits per heavy atom. The number of aryl methyl sites for hydroxylation is 1. The summed E-state index contributed by atoms with van der Waals surface area (Å²) in [5.41, 5.74) is 1.08. The van der Waals surface area contributed by atoms with E-state index in [1.165, 1.54) is 12.8 Å². The third-order valence-corrected chi connectivity index (χ3v) is 3.55. The highest BCUT2D eigenvalue weighted by Gasteiger charge is 2.28. The Hall–Kier alpha value is -1.84. The summed E-state index contributed by atoms with van der Waals surface area (Å²) in [5, 5.41) is 3.58. The van der Waals surface area contributed by atoms with Crippen molar-refractivity contribution in [2.24, 2.45) is 5.92 Å². The molecule has 2 aromatic rings. The Kier molecular flexibility index (Phi) is 2.78. The maximum Gasteiger partial charge on any atom is 0.161 e. The van der Waals surface area contributed by atoms with E-state index in [4.69, 9.17) is 0 Å². The Balaban J connectivity index is 1.92. The van der Waals surface area contributed by atoms with Crippen LogP contribution in [-0.2, 0) is 0 Å². The van der Waals surface area contributed by atoms with Gasteiger partial charge in [-0.05, 0) is 44.7 Å². The molecule has 1 saturated carbocycles. The second-order valence-corrected chi connectivity index (χ2v) is 4.99. The molecule has 1 fully saturated rings. The molecule has 1 aliphatic rings. The summed E-state index contributed by atoms with van der Waals surface area (Å²) >= 11 is 0. The number of rotatable bonds is 4. The molecule has 2 aromatic heterocycles. The summed E-state index contributed by atoms with van der Waals surface area (Å²) in [5.74, 6) is 2.71. The molecule has 0 spiro atoms. The van der Waals surface area contributed by atoms with Crippen LogP contribution < -0.4 is 5.32 Å². The van der Waals surface area contributed by atoms with Crippen LogP contribution in [0.4, 0.5) is 5.69 Å². The van der Waals surface area contributed by atoms with Crippen molar-refractivity contribution in [1.29, 1.82) is 0 Å². The number of nitrogens with zero attached hydrogens (tertiary/aromatic N) is 3. The maximum absolute atomic E-state index is 4.48. The smallest absolute Gasteiger partial charge is 0.161 e. The van der Waals surface area contributed by atoms with Crippen molar-refractivity contribution in [2.45, 2.75) is 32.7 Å². The Labute approximate surface area is 107 Å². The van der Waals surface area contributed by atoms with Crippen LogP contribution in [0.2, 0.25) is 0 Å². The topological polar surface area (TPSA) is 42.7 Å². The summed E-state index contributed by atoms with van der Waals surface area (Å²) in [6, 6.07) is 4.56. The van der Waals surface area contributed by atoms with Crippen molar-refractivity contribution in [3.8, 4) is 5.82 Å². The lowest BCUT2D eigenvalue weighted by molar-refractivity contribution is 0.692. The van der Waals surface area contributed by atoms with Crippen molar-refractivity contribution < 1.29 is 0 Å². The van der Waals surface area contributed by atoms with Gasteiger partial charge < -0.3 is 5.32 Å². The number of anilines is 1. The molecular weight excluding hydrogens is 224 g/mol. The van der Waals surface area contributed by atoms with Gasteiger partial charge in [0.1, 0.15) is 5.82 Å². The summed E-state index contributed by atoms with van der Waals surface area (Å²) < 4.78 is 2.02. The first-order chi connectivity index (χ1) is 8.75. The van der Waals surface area contributed by atoms with Gasteiger partial charge in [0.25, 0.3) is 0 Å². The van der Waals surface area contributed by atoms with Gasteiger partial charge in [-0.2, -0.15) is 0 Å². The highest BCUT2D eigenvalue weighted by Crippen LogP contribution is 2.34. The maximum atomic E-state index is 4.48. The largest absolute Gasteiger partial charge is 0.379 e. The van der Waals surface area contributed by atoms with E-state index in [2.05, 4.69) is 28.3 Å². The summed E-state index contributed by atoms with van der Waals surface area (Å²) in [7, 11) is 0. The highest BCUT2D eigenvalue weighted by molar-refractivity contribution is 5.57. The van der Waals surface area contributed by atoms with Gasteiger partial charge >= 0.3 is 0 Å². The van der Waals surface area contributed by atoms with Gasteiger partial charge in [0.15, 0.2) is 5.82 Å². The Bertz CT molecular complexity index is 542. The molecule has 0 radical (unpaired) electrons. The van der Waals surface area contributed by atoms with Crippen LogP contribution >= 0.6 is 0 Å². The molecule has 0 aliphatic heterocycles. The van der Waals surface area contributed by atoms with E-state index in [0.29, 0.717) is 6.04 Å². The molecule has 2 heterocycles. The SMILES string of the molecule is Cc1nccn1-c1ncccc1NC(C)C1CC1. The number of nitrogens with one attached hydrogen (secondary N) is 1. The third kappa shape index (κ3) is 2.10. The van der Waals surface area contributed by atoms with Gasteiger partial charge in [-0.3, -0.25) is 4.57 Å². The summed E-state index contributed by atoms with van der Waals surface area (Å²) in [6.07, 6.45) is 8.26. The average Bonchev–Trinajstić information content (AvgIpc) is 3.14. The van der Waals surface area contributed by atoms with Crippen LogP contribution in [0.3, 0.4) is 0 Å². The van der Waals surface area contributed by atoms with Crippen molar-refractivity contribution in [1.82, 2.24) is 14.5 Å². The van der Waals surface area contributed by atoms with Gasteiger partial charge in [-0.1, -0.05) is 0 Å². The highest BCUT2D eigenvalue weighted by atomic mass is 15.1. The fourth-order valence-electron chi connectivity index (χ4n) is 2.26. The number of aromatic nitrogens is 3. The molecule has 18 heavy (non-hydrogen) atoms. The van der Waals surface area contributed by atoms with Crippen LogP contribution in [0.5, 0.6) is 0 Å². The van der Waals surface area contributed by atoms with Crippen LogP contribution in [0.1, 0.15) is 25.6 Å². The molecule has 0 amide bonds. The monoisotopic (exact) mass is 242 g/mol. The molecule has 0 aromatic carbocycles.